The Morgan fingerprint density at radius 3 is 2.24 bits per heavy atom. The highest BCUT2D eigenvalue weighted by atomic mass is 19.1. The number of halogens is 1. The molecular formula is C25H25FO3. The van der Waals surface area contributed by atoms with Gasteiger partial charge in [-0.2, -0.15) is 0 Å². The molecule has 4 rings (SSSR count). The van der Waals surface area contributed by atoms with E-state index in [4.69, 9.17) is 14.6 Å². The molecule has 1 heterocycles. The van der Waals surface area contributed by atoms with E-state index in [0.29, 0.717) is 18.3 Å². The first-order valence-corrected chi connectivity index (χ1v) is 10.1. The number of hydrogen-bond donors (Lipinski definition) is 1. The molecule has 3 aromatic rings. The molecule has 0 bridgehead atoms. The quantitative estimate of drug-likeness (QED) is 0.508. The van der Waals surface area contributed by atoms with Crippen molar-refractivity contribution < 1.29 is 19.0 Å². The van der Waals surface area contributed by atoms with E-state index < -0.39 is 0 Å². The minimum Gasteiger partial charge on any atom is -0.491 e. The summed E-state index contributed by atoms with van der Waals surface area (Å²) in [6, 6.07) is 20.2. The number of epoxide rings is 1. The molecule has 0 radical (unpaired) electrons. The first-order chi connectivity index (χ1) is 14.2. The second-order valence-corrected chi connectivity index (χ2v) is 7.39. The Balaban J connectivity index is 1.42. The molecule has 0 aliphatic carbocycles. The molecule has 0 unspecified atom stereocenters. The molecule has 4 heteroatoms. The lowest BCUT2D eigenvalue weighted by Crippen LogP contribution is -2.07. The van der Waals surface area contributed by atoms with E-state index in [2.05, 4.69) is 6.92 Å². The maximum absolute atomic E-state index is 14.8. The van der Waals surface area contributed by atoms with Crippen LogP contribution in [0, 0.1) is 5.82 Å². The fourth-order valence-corrected chi connectivity index (χ4v) is 3.50. The minimum atomic E-state index is -0.267. The highest BCUT2D eigenvalue weighted by Crippen LogP contribution is 2.30. The smallest absolute Gasteiger partial charge is 0.131 e. The van der Waals surface area contributed by atoms with Gasteiger partial charge >= 0.3 is 0 Å². The largest absolute Gasteiger partial charge is 0.491 e. The topological polar surface area (TPSA) is 42.0 Å². The minimum absolute atomic E-state index is 0.000288. The molecule has 150 valence electrons. The summed E-state index contributed by atoms with van der Waals surface area (Å²) in [6.07, 6.45) is 2.74. The molecule has 1 aliphatic rings. The average Bonchev–Trinajstić information content (AvgIpc) is 3.51. The molecule has 1 aliphatic heterocycles. The van der Waals surface area contributed by atoms with E-state index in [1.807, 2.05) is 54.6 Å². The van der Waals surface area contributed by atoms with Gasteiger partial charge in [-0.15, -0.1) is 0 Å². The van der Waals surface area contributed by atoms with Crippen molar-refractivity contribution in [3.8, 4) is 28.0 Å². The molecular weight excluding hydrogens is 367 g/mol. The second-order valence-electron chi connectivity index (χ2n) is 7.39. The van der Waals surface area contributed by atoms with Crippen molar-refractivity contribution in [1.29, 1.82) is 0 Å². The lowest BCUT2D eigenvalue weighted by Gasteiger charge is -2.09. The number of aliphatic hydroxyl groups is 1. The molecule has 0 amide bonds. The van der Waals surface area contributed by atoms with Crippen molar-refractivity contribution in [2.75, 3.05) is 6.61 Å². The third-order valence-corrected chi connectivity index (χ3v) is 5.28. The van der Waals surface area contributed by atoms with Crippen LogP contribution in [0.4, 0.5) is 4.39 Å². The first kappa shape index (κ1) is 19.6. The first-order valence-electron chi connectivity index (χ1n) is 10.1. The van der Waals surface area contributed by atoms with Crippen LogP contribution in [-0.4, -0.2) is 23.9 Å². The van der Waals surface area contributed by atoms with Crippen LogP contribution in [0.15, 0.2) is 66.7 Å². The fourth-order valence-electron chi connectivity index (χ4n) is 3.50. The zero-order chi connectivity index (χ0) is 20.2. The van der Waals surface area contributed by atoms with E-state index >= 15 is 0 Å². The Kier molecular flexibility index (Phi) is 5.93. The Morgan fingerprint density at radius 1 is 0.897 bits per heavy atom. The Morgan fingerprint density at radius 2 is 1.59 bits per heavy atom. The summed E-state index contributed by atoms with van der Waals surface area (Å²) in [6.45, 7) is 2.71. The van der Waals surface area contributed by atoms with Crippen molar-refractivity contribution in [1.82, 2.24) is 0 Å². The molecule has 0 spiro atoms. The highest BCUT2D eigenvalue weighted by molar-refractivity contribution is 5.71. The maximum Gasteiger partial charge on any atom is 0.131 e. The molecule has 29 heavy (non-hydrogen) atoms. The Hall–Kier alpha value is -2.69. The SMILES string of the molecule is CCC[C@@H]1O[C@H]1COc1ccc(-c2ccc(-c3ccc(CO)cc3)cc2F)cc1. The van der Waals surface area contributed by atoms with Gasteiger partial charge in [-0.1, -0.05) is 61.9 Å². The molecule has 3 aromatic carbocycles. The second kappa shape index (κ2) is 8.76. The van der Waals surface area contributed by atoms with Gasteiger partial charge in [0.25, 0.3) is 0 Å². The Bertz CT molecular complexity index is 951. The van der Waals surface area contributed by atoms with Gasteiger partial charge in [0.15, 0.2) is 0 Å². The Labute approximate surface area is 170 Å². The lowest BCUT2D eigenvalue weighted by molar-refractivity contribution is 0.259. The third kappa shape index (κ3) is 4.66. The number of hydrogen-bond acceptors (Lipinski definition) is 3. The van der Waals surface area contributed by atoms with Crippen LogP contribution in [0.5, 0.6) is 5.75 Å². The molecule has 0 saturated carbocycles. The molecule has 1 N–H and O–H groups in total. The van der Waals surface area contributed by atoms with Gasteiger partial charge in [0.05, 0.1) is 12.7 Å². The summed E-state index contributed by atoms with van der Waals surface area (Å²) >= 11 is 0. The number of aliphatic hydroxyl groups excluding tert-OH is 1. The van der Waals surface area contributed by atoms with E-state index in [1.165, 1.54) is 0 Å². The number of ether oxygens (including phenoxy) is 2. The van der Waals surface area contributed by atoms with Crippen LogP contribution < -0.4 is 4.74 Å². The van der Waals surface area contributed by atoms with E-state index in [0.717, 1.165) is 40.8 Å². The zero-order valence-electron chi connectivity index (χ0n) is 16.5. The summed E-state index contributed by atoms with van der Waals surface area (Å²) in [5, 5.41) is 9.15. The third-order valence-electron chi connectivity index (χ3n) is 5.28. The molecule has 3 nitrogen and oxygen atoms in total. The average molecular weight is 392 g/mol. The molecule has 1 fully saturated rings. The highest BCUT2D eigenvalue weighted by Gasteiger charge is 2.38. The summed E-state index contributed by atoms with van der Waals surface area (Å²) in [5.74, 6) is 0.497. The number of rotatable bonds is 8. The van der Waals surface area contributed by atoms with Crippen LogP contribution in [0.2, 0.25) is 0 Å². The molecule has 1 saturated heterocycles. The number of benzene rings is 3. The summed E-state index contributed by atoms with van der Waals surface area (Å²) in [5.41, 5.74) is 3.92. The van der Waals surface area contributed by atoms with E-state index in [1.54, 1.807) is 12.1 Å². The van der Waals surface area contributed by atoms with Crippen LogP contribution in [0.3, 0.4) is 0 Å². The van der Waals surface area contributed by atoms with Gasteiger partial charge in [-0.25, -0.2) is 4.39 Å². The van der Waals surface area contributed by atoms with Crippen LogP contribution in [0.1, 0.15) is 25.3 Å². The summed E-state index contributed by atoms with van der Waals surface area (Å²) in [4.78, 5) is 0. The van der Waals surface area contributed by atoms with Gasteiger partial charge in [0, 0.05) is 5.56 Å². The lowest BCUT2D eigenvalue weighted by atomic mass is 9.99. The van der Waals surface area contributed by atoms with Crippen LogP contribution in [0.25, 0.3) is 22.3 Å². The van der Waals surface area contributed by atoms with Gasteiger partial charge in [-0.05, 0) is 46.9 Å². The van der Waals surface area contributed by atoms with Crippen molar-refractivity contribution in [3.63, 3.8) is 0 Å². The van der Waals surface area contributed by atoms with Crippen molar-refractivity contribution in [2.45, 2.75) is 38.6 Å². The zero-order valence-corrected chi connectivity index (χ0v) is 16.5. The predicted molar refractivity (Wildman–Crippen MR) is 112 cm³/mol. The standard InChI is InChI=1S/C25H25FO3/c1-2-3-24-25(29-24)16-28-21-11-8-19(9-12-21)22-13-10-20(14-23(22)26)18-6-4-17(15-27)5-7-18/h4-14,24-25,27H,2-3,15-16H2,1H3/t24-,25-/m0/s1. The van der Waals surface area contributed by atoms with Crippen molar-refractivity contribution in [2.24, 2.45) is 0 Å². The normalized spacial score (nSPS) is 17.9. The van der Waals surface area contributed by atoms with Gasteiger partial charge in [0.2, 0.25) is 0 Å². The predicted octanol–water partition coefficient (Wildman–Crippen LogP) is 5.60. The van der Waals surface area contributed by atoms with E-state index in [9.17, 15) is 4.39 Å². The van der Waals surface area contributed by atoms with E-state index in [-0.39, 0.29) is 18.5 Å². The maximum atomic E-state index is 14.8. The van der Waals surface area contributed by atoms with Gasteiger partial charge < -0.3 is 14.6 Å². The molecule has 0 aromatic heterocycles. The van der Waals surface area contributed by atoms with Crippen molar-refractivity contribution in [3.05, 3.63) is 78.1 Å². The monoisotopic (exact) mass is 392 g/mol. The van der Waals surface area contributed by atoms with Crippen LogP contribution >= 0.6 is 0 Å². The fraction of sp³-hybridized carbons (Fsp3) is 0.280. The summed E-state index contributed by atoms with van der Waals surface area (Å²) < 4.78 is 26.1. The van der Waals surface area contributed by atoms with Crippen molar-refractivity contribution >= 4 is 0 Å². The van der Waals surface area contributed by atoms with Crippen LogP contribution in [-0.2, 0) is 11.3 Å². The van der Waals surface area contributed by atoms with Gasteiger partial charge in [0.1, 0.15) is 24.3 Å². The van der Waals surface area contributed by atoms with Gasteiger partial charge in [-0.3, -0.25) is 0 Å². The summed E-state index contributed by atoms with van der Waals surface area (Å²) in [7, 11) is 0. The molecule has 2 atom stereocenters.